The van der Waals surface area contributed by atoms with E-state index in [1.54, 1.807) is 0 Å². The molecule has 1 saturated heterocycles. The van der Waals surface area contributed by atoms with Gasteiger partial charge in [0, 0.05) is 24.8 Å². The summed E-state index contributed by atoms with van der Waals surface area (Å²) in [5.41, 5.74) is 6.88. The summed E-state index contributed by atoms with van der Waals surface area (Å²) < 4.78 is 0. The van der Waals surface area contributed by atoms with Crippen molar-refractivity contribution in [3.63, 3.8) is 0 Å². The predicted octanol–water partition coefficient (Wildman–Crippen LogP) is 2.28. The van der Waals surface area contributed by atoms with Gasteiger partial charge in [0.05, 0.1) is 0 Å². The number of hydrogen-bond acceptors (Lipinski definition) is 2. The van der Waals surface area contributed by atoms with Gasteiger partial charge in [0.15, 0.2) is 0 Å². The van der Waals surface area contributed by atoms with E-state index in [-0.39, 0.29) is 12.1 Å². The van der Waals surface area contributed by atoms with E-state index in [0.717, 1.165) is 31.6 Å². The zero-order valence-electron chi connectivity index (χ0n) is 10.8. The minimum absolute atomic E-state index is 0.0217. The average molecular weight is 247 g/mol. The highest BCUT2D eigenvalue weighted by Gasteiger charge is 2.27. The second-order valence-corrected chi connectivity index (χ2v) is 4.86. The van der Waals surface area contributed by atoms with Crippen molar-refractivity contribution in [3.8, 4) is 0 Å². The van der Waals surface area contributed by atoms with Crippen LogP contribution in [0.3, 0.4) is 0 Å². The highest BCUT2D eigenvalue weighted by Crippen LogP contribution is 2.19. The Balaban J connectivity index is 1.93. The van der Waals surface area contributed by atoms with Crippen molar-refractivity contribution in [3.05, 3.63) is 30.3 Å². The van der Waals surface area contributed by atoms with Crippen LogP contribution in [0.4, 0.5) is 10.5 Å². The highest BCUT2D eigenvalue weighted by molar-refractivity contribution is 5.89. The number of carbonyl (C=O) groups is 1. The van der Waals surface area contributed by atoms with Crippen molar-refractivity contribution in [2.75, 3.05) is 18.4 Å². The van der Waals surface area contributed by atoms with Crippen LogP contribution in [-0.2, 0) is 0 Å². The highest BCUT2D eigenvalue weighted by atomic mass is 16.2. The lowest BCUT2D eigenvalue weighted by atomic mass is 9.91. The Morgan fingerprint density at radius 2 is 2.17 bits per heavy atom. The first-order valence-electron chi connectivity index (χ1n) is 6.57. The van der Waals surface area contributed by atoms with E-state index in [9.17, 15) is 4.79 Å². The fourth-order valence-corrected chi connectivity index (χ4v) is 2.39. The van der Waals surface area contributed by atoms with Crippen molar-refractivity contribution in [2.45, 2.75) is 25.8 Å². The van der Waals surface area contributed by atoms with Gasteiger partial charge in [-0.15, -0.1) is 0 Å². The fraction of sp³-hybridized carbons (Fsp3) is 0.500. The molecule has 0 spiro atoms. The third-order valence-electron chi connectivity index (χ3n) is 3.63. The van der Waals surface area contributed by atoms with E-state index in [2.05, 4.69) is 12.2 Å². The summed E-state index contributed by atoms with van der Waals surface area (Å²) in [5, 5.41) is 2.92. The number of piperidine rings is 1. The normalized spacial score (nSPS) is 23.8. The number of nitrogens with two attached hydrogens (primary N) is 1. The maximum absolute atomic E-state index is 12.1. The van der Waals surface area contributed by atoms with E-state index in [4.69, 9.17) is 5.73 Å². The molecule has 1 heterocycles. The monoisotopic (exact) mass is 247 g/mol. The van der Waals surface area contributed by atoms with Crippen LogP contribution < -0.4 is 11.1 Å². The molecular weight excluding hydrogens is 226 g/mol. The lowest BCUT2D eigenvalue weighted by molar-refractivity contribution is 0.164. The summed E-state index contributed by atoms with van der Waals surface area (Å²) in [6, 6.07) is 9.76. The van der Waals surface area contributed by atoms with Gasteiger partial charge in [0.1, 0.15) is 0 Å². The molecule has 2 rings (SSSR count). The van der Waals surface area contributed by atoms with E-state index in [1.165, 1.54) is 0 Å². The molecule has 0 saturated carbocycles. The van der Waals surface area contributed by atoms with E-state index >= 15 is 0 Å². The topological polar surface area (TPSA) is 58.4 Å². The van der Waals surface area contributed by atoms with Crippen molar-refractivity contribution in [2.24, 2.45) is 11.7 Å². The summed E-state index contributed by atoms with van der Waals surface area (Å²) >= 11 is 0. The Labute approximate surface area is 108 Å². The number of benzene rings is 1. The lowest BCUT2D eigenvalue weighted by Crippen LogP contribution is -2.50. The van der Waals surface area contributed by atoms with Gasteiger partial charge < -0.3 is 16.0 Å². The minimum Gasteiger partial charge on any atom is -0.327 e. The third-order valence-corrected chi connectivity index (χ3v) is 3.63. The molecule has 0 bridgehead atoms. The molecule has 2 unspecified atom stereocenters. The molecule has 4 nitrogen and oxygen atoms in total. The van der Waals surface area contributed by atoms with Crippen LogP contribution in [0.2, 0.25) is 0 Å². The zero-order chi connectivity index (χ0) is 13.0. The summed E-state index contributed by atoms with van der Waals surface area (Å²) in [7, 11) is 0. The van der Waals surface area contributed by atoms with Gasteiger partial charge in [-0.3, -0.25) is 0 Å². The van der Waals surface area contributed by atoms with Crippen LogP contribution in [0.1, 0.15) is 19.8 Å². The summed E-state index contributed by atoms with van der Waals surface area (Å²) in [6.45, 7) is 3.63. The van der Waals surface area contributed by atoms with Gasteiger partial charge in [-0.05, 0) is 24.5 Å². The summed E-state index contributed by atoms with van der Waals surface area (Å²) in [5.74, 6) is 0.417. The smallest absolute Gasteiger partial charge is 0.321 e. The van der Waals surface area contributed by atoms with E-state index in [1.807, 2.05) is 35.2 Å². The second-order valence-electron chi connectivity index (χ2n) is 4.86. The Hall–Kier alpha value is -1.55. The first-order chi connectivity index (χ1) is 8.70. The molecule has 98 valence electrons. The number of para-hydroxylation sites is 1. The van der Waals surface area contributed by atoms with Gasteiger partial charge in [-0.1, -0.05) is 31.5 Å². The van der Waals surface area contributed by atoms with E-state index < -0.39 is 0 Å². The average Bonchev–Trinajstić information content (AvgIpc) is 2.40. The SMILES string of the molecule is CCC1CN(C(=O)Nc2ccccc2)CCC1N. The molecule has 1 aliphatic rings. The molecule has 1 aliphatic heterocycles. The van der Waals surface area contributed by atoms with Gasteiger partial charge >= 0.3 is 6.03 Å². The second kappa shape index (κ2) is 5.87. The van der Waals surface area contributed by atoms with Crippen LogP contribution in [0, 0.1) is 5.92 Å². The Morgan fingerprint density at radius 3 is 2.83 bits per heavy atom. The molecule has 2 atom stereocenters. The molecule has 1 fully saturated rings. The molecule has 1 aromatic carbocycles. The predicted molar refractivity (Wildman–Crippen MR) is 73.4 cm³/mol. The number of anilines is 1. The first-order valence-corrected chi connectivity index (χ1v) is 6.57. The molecule has 1 aromatic rings. The first kappa shape index (κ1) is 12.9. The van der Waals surface area contributed by atoms with Crippen LogP contribution in [-0.4, -0.2) is 30.1 Å². The number of nitrogens with zero attached hydrogens (tertiary/aromatic N) is 1. The molecule has 18 heavy (non-hydrogen) atoms. The maximum atomic E-state index is 12.1. The quantitative estimate of drug-likeness (QED) is 0.842. The Bertz CT molecular complexity index is 393. The van der Waals surface area contributed by atoms with Crippen molar-refractivity contribution < 1.29 is 4.79 Å². The summed E-state index contributed by atoms with van der Waals surface area (Å²) in [4.78, 5) is 14.0. The number of carbonyl (C=O) groups excluding carboxylic acids is 1. The largest absolute Gasteiger partial charge is 0.327 e. The number of rotatable bonds is 2. The number of urea groups is 1. The fourth-order valence-electron chi connectivity index (χ4n) is 2.39. The lowest BCUT2D eigenvalue weighted by Gasteiger charge is -2.36. The molecule has 4 heteroatoms. The van der Waals surface area contributed by atoms with Crippen LogP contribution in [0.25, 0.3) is 0 Å². The zero-order valence-corrected chi connectivity index (χ0v) is 10.8. The van der Waals surface area contributed by atoms with Crippen LogP contribution in [0.5, 0.6) is 0 Å². The number of hydrogen-bond donors (Lipinski definition) is 2. The molecular formula is C14H21N3O. The minimum atomic E-state index is -0.0217. The number of likely N-dealkylation sites (tertiary alicyclic amines) is 1. The van der Waals surface area contributed by atoms with Crippen molar-refractivity contribution in [1.82, 2.24) is 4.90 Å². The van der Waals surface area contributed by atoms with Gasteiger partial charge in [-0.2, -0.15) is 0 Å². The van der Waals surface area contributed by atoms with Crippen LogP contribution >= 0.6 is 0 Å². The number of nitrogens with one attached hydrogen (secondary N) is 1. The van der Waals surface area contributed by atoms with Crippen LogP contribution in [0.15, 0.2) is 30.3 Å². The maximum Gasteiger partial charge on any atom is 0.321 e. The molecule has 3 N–H and O–H groups in total. The van der Waals surface area contributed by atoms with Gasteiger partial charge in [-0.25, -0.2) is 4.79 Å². The van der Waals surface area contributed by atoms with Gasteiger partial charge in [0.25, 0.3) is 0 Å². The summed E-state index contributed by atoms with van der Waals surface area (Å²) in [6.07, 6.45) is 1.91. The Morgan fingerprint density at radius 1 is 1.44 bits per heavy atom. The molecule has 0 radical (unpaired) electrons. The molecule has 2 amide bonds. The van der Waals surface area contributed by atoms with Crippen molar-refractivity contribution in [1.29, 1.82) is 0 Å². The standard InChI is InChI=1S/C14H21N3O/c1-2-11-10-17(9-8-13(11)15)14(18)16-12-6-4-3-5-7-12/h3-7,11,13H,2,8-10,15H2,1H3,(H,16,18). The van der Waals surface area contributed by atoms with E-state index in [0.29, 0.717) is 5.92 Å². The number of amides is 2. The van der Waals surface area contributed by atoms with Crippen molar-refractivity contribution >= 4 is 11.7 Å². The Kier molecular flexibility index (Phi) is 4.20. The molecule has 0 aliphatic carbocycles. The van der Waals surface area contributed by atoms with Gasteiger partial charge in [0.2, 0.25) is 0 Å². The third kappa shape index (κ3) is 3.01. The molecule has 0 aromatic heterocycles.